The number of phenols is 1. The fourth-order valence-corrected chi connectivity index (χ4v) is 2.36. The summed E-state index contributed by atoms with van der Waals surface area (Å²) in [5.41, 5.74) is -1.77. The molecule has 0 aromatic heterocycles. The molecule has 0 radical (unpaired) electrons. The van der Waals surface area contributed by atoms with Crippen molar-refractivity contribution in [3.05, 3.63) is 56.6 Å². The van der Waals surface area contributed by atoms with Gasteiger partial charge in [0.2, 0.25) is 5.75 Å². The zero-order valence-electron chi connectivity index (χ0n) is 11.2. The van der Waals surface area contributed by atoms with E-state index >= 15 is 0 Å². The van der Waals surface area contributed by atoms with Crippen LogP contribution in [0.1, 0.15) is 20.7 Å². The van der Waals surface area contributed by atoms with Crippen LogP contribution in [-0.4, -0.2) is 32.2 Å². The van der Waals surface area contributed by atoms with Crippen LogP contribution >= 0.6 is 11.6 Å². The topological polar surface area (TPSA) is 138 Å². The van der Waals surface area contributed by atoms with Gasteiger partial charge in [-0.15, -0.1) is 0 Å². The number of para-hydroxylation sites is 1. The maximum absolute atomic E-state index is 11.2. The second kappa shape index (κ2) is 5.93. The van der Waals surface area contributed by atoms with Crippen LogP contribution < -0.4 is 0 Å². The van der Waals surface area contributed by atoms with Crippen molar-refractivity contribution in [2.45, 2.75) is 0 Å². The molecule has 0 bridgehead atoms. The van der Waals surface area contributed by atoms with Gasteiger partial charge >= 0.3 is 17.6 Å². The maximum atomic E-state index is 11.2. The highest BCUT2D eigenvalue weighted by Crippen LogP contribution is 2.38. The summed E-state index contributed by atoms with van der Waals surface area (Å²) >= 11 is 5.82. The smallest absolute Gasteiger partial charge is 0.338 e. The Balaban J connectivity index is 2.76. The number of hydrogen-bond acceptors (Lipinski definition) is 5. The van der Waals surface area contributed by atoms with E-state index in [2.05, 4.69) is 0 Å². The quantitative estimate of drug-likeness (QED) is 0.575. The van der Waals surface area contributed by atoms with E-state index in [0.29, 0.717) is 0 Å². The number of aromatic hydroxyl groups is 1. The molecule has 2 rings (SSSR count). The van der Waals surface area contributed by atoms with Gasteiger partial charge in [0, 0.05) is 11.6 Å². The summed E-state index contributed by atoms with van der Waals surface area (Å²) in [6.45, 7) is 0. The molecule has 9 heteroatoms. The number of carbonyl (C=O) groups is 2. The van der Waals surface area contributed by atoms with Crippen LogP contribution in [0.15, 0.2) is 30.3 Å². The number of rotatable bonds is 4. The Kier molecular flexibility index (Phi) is 4.19. The molecule has 0 spiro atoms. The summed E-state index contributed by atoms with van der Waals surface area (Å²) in [5.74, 6) is -3.73. The molecule has 0 saturated carbocycles. The molecule has 118 valence electrons. The van der Waals surface area contributed by atoms with Crippen molar-refractivity contribution in [3.8, 4) is 16.9 Å². The summed E-state index contributed by atoms with van der Waals surface area (Å²) in [7, 11) is 0. The van der Waals surface area contributed by atoms with E-state index in [1.807, 2.05) is 0 Å². The fraction of sp³-hybridized carbons (Fsp3) is 0. The molecule has 0 aliphatic carbocycles. The molecule has 8 nitrogen and oxygen atoms in total. The third kappa shape index (κ3) is 2.92. The van der Waals surface area contributed by atoms with Gasteiger partial charge in [-0.25, -0.2) is 9.59 Å². The standard InChI is InChI=1S/C14H8ClNO7/c15-9-5-6(4-8(13(18)19)11(9)14(20)21)7-2-1-3-10(12(7)17)16(22)23/h1-5,17H,(H,18,19)(H,20,21). The summed E-state index contributed by atoms with van der Waals surface area (Å²) in [6.07, 6.45) is 0. The molecule has 2 aromatic rings. The van der Waals surface area contributed by atoms with E-state index in [1.54, 1.807) is 0 Å². The van der Waals surface area contributed by atoms with Crippen molar-refractivity contribution >= 4 is 29.2 Å². The van der Waals surface area contributed by atoms with E-state index < -0.39 is 39.4 Å². The van der Waals surface area contributed by atoms with Crippen molar-refractivity contribution < 1.29 is 29.8 Å². The van der Waals surface area contributed by atoms with Crippen molar-refractivity contribution in [1.82, 2.24) is 0 Å². The van der Waals surface area contributed by atoms with Gasteiger partial charge in [-0.3, -0.25) is 10.1 Å². The minimum absolute atomic E-state index is 0.0404. The monoisotopic (exact) mass is 337 g/mol. The zero-order valence-corrected chi connectivity index (χ0v) is 11.9. The lowest BCUT2D eigenvalue weighted by Gasteiger charge is -2.10. The Morgan fingerprint density at radius 2 is 1.78 bits per heavy atom. The molecule has 0 saturated heterocycles. The van der Waals surface area contributed by atoms with E-state index in [-0.39, 0.29) is 16.1 Å². The summed E-state index contributed by atoms with van der Waals surface area (Å²) in [6, 6.07) is 5.80. The Labute approximate surface area is 133 Å². The lowest BCUT2D eigenvalue weighted by Crippen LogP contribution is -2.09. The van der Waals surface area contributed by atoms with Gasteiger partial charge in [0.15, 0.2) is 0 Å². The van der Waals surface area contributed by atoms with Gasteiger partial charge in [-0.1, -0.05) is 23.7 Å². The minimum atomic E-state index is -1.53. The van der Waals surface area contributed by atoms with Crippen LogP contribution in [0, 0.1) is 10.1 Å². The van der Waals surface area contributed by atoms with Gasteiger partial charge in [0.25, 0.3) is 0 Å². The normalized spacial score (nSPS) is 10.3. The van der Waals surface area contributed by atoms with Crippen LogP contribution in [-0.2, 0) is 0 Å². The summed E-state index contributed by atoms with van der Waals surface area (Å²) in [4.78, 5) is 32.4. The Hall–Kier alpha value is -3.13. The van der Waals surface area contributed by atoms with Gasteiger partial charge in [0.05, 0.1) is 21.1 Å². The first-order chi connectivity index (χ1) is 10.7. The largest absolute Gasteiger partial charge is 0.502 e. The van der Waals surface area contributed by atoms with Crippen molar-refractivity contribution in [2.24, 2.45) is 0 Å². The van der Waals surface area contributed by atoms with Crippen LogP contribution in [0.2, 0.25) is 5.02 Å². The number of nitro groups is 1. The third-order valence-corrected chi connectivity index (χ3v) is 3.36. The van der Waals surface area contributed by atoms with Crippen LogP contribution in [0.5, 0.6) is 5.75 Å². The molecule has 0 unspecified atom stereocenters. The number of carboxylic acids is 2. The third-order valence-electron chi connectivity index (χ3n) is 3.06. The van der Waals surface area contributed by atoms with Crippen LogP contribution in [0.25, 0.3) is 11.1 Å². The highest BCUT2D eigenvalue weighted by molar-refractivity contribution is 6.34. The molecule has 0 aliphatic heterocycles. The molecular formula is C14H8ClNO7. The number of nitro benzene ring substituents is 1. The average Bonchev–Trinajstić information content (AvgIpc) is 2.45. The first-order valence-electron chi connectivity index (χ1n) is 6.01. The van der Waals surface area contributed by atoms with Crippen molar-refractivity contribution in [1.29, 1.82) is 0 Å². The number of hydrogen-bond donors (Lipinski definition) is 3. The predicted molar refractivity (Wildman–Crippen MR) is 79.1 cm³/mol. The van der Waals surface area contributed by atoms with Crippen molar-refractivity contribution in [2.75, 3.05) is 0 Å². The number of phenolic OH excluding ortho intramolecular Hbond substituents is 1. The van der Waals surface area contributed by atoms with Crippen molar-refractivity contribution in [3.63, 3.8) is 0 Å². The second-order valence-electron chi connectivity index (χ2n) is 4.42. The highest BCUT2D eigenvalue weighted by Gasteiger charge is 2.24. The number of aromatic carboxylic acids is 2. The van der Waals surface area contributed by atoms with E-state index in [0.717, 1.165) is 18.2 Å². The number of halogens is 1. The molecule has 0 atom stereocenters. The first-order valence-corrected chi connectivity index (χ1v) is 6.38. The van der Waals surface area contributed by atoms with Crippen LogP contribution in [0.3, 0.4) is 0 Å². The molecule has 0 fully saturated rings. The number of carboxylic acid groups (broad SMARTS) is 2. The molecule has 3 N–H and O–H groups in total. The Morgan fingerprint density at radius 1 is 1.13 bits per heavy atom. The number of benzene rings is 2. The highest BCUT2D eigenvalue weighted by atomic mass is 35.5. The Bertz CT molecular complexity index is 847. The molecule has 23 heavy (non-hydrogen) atoms. The van der Waals surface area contributed by atoms with Gasteiger partial charge in [-0.2, -0.15) is 0 Å². The maximum Gasteiger partial charge on any atom is 0.338 e. The van der Waals surface area contributed by atoms with Gasteiger partial charge < -0.3 is 15.3 Å². The molecule has 0 heterocycles. The van der Waals surface area contributed by atoms with E-state index in [4.69, 9.17) is 21.8 Å². The van der Waals surface area contributed by atoms with E-state index in [9.17, 15) is 24.8 Å². The molecule has 2 aromatic carbocycles. The van der Waals surface area contributed by atoms with Crippen LogP contribution in [0.4, 0.5) is 5.69 Å². The number of nitrogens with zero attached hydrogens (tertiary/aromatic N) is 1. The zero-order chi connectivity index (χ0) is 17.3. The fourth-order valence-electron chi connectivity index (χ4n) is 2.06. The Morgan fingerprint density at radius 3 is 2.30 bits per heavy atom. The summed E-state index contributed by atoms with van der Waals surface area (Å²) < 4.78 is 0. The summed E-state index contributed by atoms with van der Waals surface area (Å²) in [5, 5.41) is 38.6. The van der Waals surface area contributed by atoms with Gasteiger partial charge in [0.1, 0.15) is 0 Å². The second-order valence-corrected chi connectivity index (χ2v) is 4.83. The lowest BCUT2D eigenvalue weighted by molar-refractivity contribution is -0.385. The minimum Gasteiger partial charge on any atom is -0.502 e. The molecule has 0 aliphatic rings. The van der Waals surface area contributed by atoms with Gasteiger partial charge in [-0.05, 0) is 17.7 Å². The first kappa shape index (κ1) is 16.2. The predicted octanol–water partition coefficient (Wildman–Crippen LogP) is 3.02. The molecule has 0 amide bonds. The lowest BCUT2D eigenvalue weighted by atomic mass is 9.98. The SMILES string of the molecule is O=C(O)c1cc(-c2cccc([N+](=O)[O-])c2O)cc(Cl)c1C(=O)O. The van der Waals surface area contributed by atoms with E-state index in [1.165, 1.54) is 12.1 Å². The molecular weight excluding hydrogens is 330 g/mol. The average molecular weight is 338 g/mol.